The van der Waals surface area contributed by atoms with Crippen molar-refractivity contribution in [1.29, 1.82) is 0 Å². The Kier molecular flexibility index (Phi) is 5.26. The predicted octanol–water partition coefficient (Wildman–Crippen LogP) is 3.37. The van der Waals surface area contributed by atoms with E-state index >= 15 is 0 Å². The Morgan fingerprint density at radius 2 is 2.20 bits per heavy atom. The van der Waals surface area contributed by atoms with E-state index in [1.807, 2.05) is 11.6 Å². The Morgan fingerprint density at radius 3 is 2.80 bits per heavy atom. The Labute approximate surface area is 125 Å². The van der Waals surface area contributed by atoms with Gasteiger partial charge in [0.15, 0.2) is 0 Å². The first-order valence-corrected chi connectivity index (χ1v) is 7.58. The lowest BCUT2D eigenvalue weighted by Crippen LogP contribution is -2.21. The molecule has 0 radical (unpaired) electrons. The van der Waals surface area contributed by atoms with Gasteiger partial charge in [-0.25, -0.2) is 4.98 Å². The van der Waals surface area contributed by atoms with E-state index in [0.29, 0.717) is 11.2 Å². The van der Waals surface area contributed by atoms with E-state index in [4.69, 9.17) is 11.6 Å². The number of aromatic nitrogens is 3. The van der Waals surface area contributed by atoms with Gasteiger partial charge in [-0.2, -0.15) is 0 Å². The Hall–Kier alpha value is -1.26. The van der Waals surface area contributed by atoms with Crippen LogP contribution in [0.4, 0.5) is 0 Å². The van der Waals surface area contributed by atoms with Gasteiger partial charge in [-0.1, -0.05) is 25.4 Å². The van der Waals surface area contributed by atoms with Crippen molar-refractivity contribution in [3.05, 3.63) is 41.2 Å². The van der Waals surface area contributed by atoms with Gasteiger partial charge in [0.2, 0.25) is 0 Å². The number of nitrogens with zero attached hydrogens (tertiary/aromatic N) is 3. The number of imidazole rings is 1. The van der Waals surface area contributed by atoms with E-state index in [2.05, 4.69) is 47.2 Å². The van der Waals surface area contributed by atoms with Crippen molar-refractivity contribution in [1.82, 2.24) is 19.4 Å². The second-order valence-electron chi connectivity index (χ2n) is 5.09. The van der Waals surface area contributed by atoms with Crippen LogP contribution in [0.1, 0.15) is 44.1 Å². The number of rotatable bonds is 7. The molecular formula is C15H23ClN4. The fraction of sp³-hybridized carbons (Fsp3) is 0.533. The molecule has 110 valence electrons. The highest BCUT2D eigenvalue weighted by Crippen LogP contribution is 2.18. The zero-order chi connectivity index (χ0) is 14.5. The molecule has 1 N–H and O–H groups in total. The molecule has 0 aromatic carbocycles. The normalized spacial score (nSPS) is 12.8. The lowest BCUT2D eigenvalue weighted by Gasteiger charge is -2.15. The second kappa shape index (κ2) is 6.95. The molecule has 2 rings (SSSR count). The molecular weight excluding hydrogens is 272 g/mol. The highest BCUT2D eigenvalue weighted by molar-refractivity contribution is 6.29. The monoisotopic (exact) mass is 294 g/mol. The quantitative estimate of drug-likeness (QED) is 0.849. The van der Waals surface area contributed by atoms with Crippen LogP contribution in [0.15, 0.2) is 24.7 Å². The third-order valence-electron chi connectivity index (χ3n) is 3.58. The van der Waals surface area contributed by atoms with Crippen molar-refractivity contribution in [2.24, 2.45) is 7.05 Å². The lowest BCUT2D eigenvalue weighted by atomic mass is 10.1. The van der Waals surface area contributed by atoms with E-state index < -0.39 is 0 Å². The number of hydrogen-bond acceptors (Lipinski definition) is 2. The average molecular weight is 295 g/mol. The smallest absolute Gasteiger partial charge is 0.129 e. The van der Waals surface area contributed by atoms with Crippen LogP contribution < -0.4 is 5.32 Å². The summed E-state index contributed by atoms with van der Waals surface area (Å²) in [4.78, 5) is 4.33. The molecule has 5 heteroatoms. The Bertz CT molecular complexity index is 544. The Balaban J connectivity index is 2.06. The van der Waals surface area contributed by atoms with Crippen molar-refractivity contribution < 1.29 is 0 Å². The maximum Gasteiger partial charge on any atom is 0.129 e. The summed E-state index contributed by atoms with van der Waals surface area (Å²) >= 11 is 6.01. The third kappa shape index (κ3) is 3.44. The summed E-state index contributed by atoms with van der Waals surface area (Å²) in [5.74, 6) is 0.965. The van der Waals surface area contributed by atoms with Crippen LogP contribution in [-0.2, 0) is 13.6 Å². The molecule has 1 atom stereocenters. The van der Waals surface area contributed by atoms with Crippen molar-refractivity contribution in [2.75, 3.05) is 6.54 Å². The van der Waals surface area contributed by atoms with Gasteiger partial charge in [0.05, 0.1) is 12.7 Å². The standard InChI is InChI=1S/C15H23ClN4/c1-4-7-17-13(5-2)12-6-8-20(10-12)11-15-18-9-14(16)19(15)3/h6,8-10,13,17H,4-5,7,11H2,1-3H3. The van der Waals surface area contributed by atoms with Gasteiger partial charge in [-0.15, -0.1) is 0 Å². The van der Waals surface area contributed by atoms with Gasteiger partial charge in [-0.3, -0.25) is 0 Å². The third-order valence-corrected chi connectivity index (χ3v) is 3.93. The van der Waals surface area contributed by atoms with Crippen LogP contribution in [0.2, 0.25) is 5.15 Å². The molecule has 0 aliphatic carbocycles. The van der Waals surface area contributed by atoms with Gasteiger partial charge < -0.3 is 14.5 Å². The molecule has 0 spiro atoms. The summed E-state index contributed by atoms with van der Waals surface area (Å²) in [6.07, 6.45) is 8.24. The van der Waals surface area contributed by atoms with Crippen LogP contribution in [0.3, 0.4) is 0 Å². The van der Waals surface area contributed by atoms with E-state index in [1.165, 1.54) is 5.56 Å². The van der Waals surface area contributed by atoms with Gasteiger partial charge >= 0.3 is 0 Å². The summed E-state index contributed by atoms with van der Waals surface area (Å²) in [5, 5.41) is 4.24. The van der Waals surface area contributed by atoms with Crippen molar-refractivity contribution in [2.45, 2.75) is 39.3 Å². The predicted molar refractivity (Wildman–Crippen MR) is 83.1 cm³/mol. The molecule has 0 aliphatic rings. The number of nitrogens with one attached hydrogen (secondary N) is 1. The molecule has 0 amide bonds. The molecule has 2 aromatic heterocycles. The van der Waals surface area contributed by atoms with Gasteiger partial charge in [0.25, 0.3) is 0 Å². The highest BCUT2D eigenvalue weighted by atomic mass is 35.5. The van der Waals surface area contributed by atoms with Crippen LogP contribution in [0.25, 0.3) is 0 Å². The fourth-order valence-electron chi connectivity index (χ4n) is 2.31. The van der Waals surface area contributed by atoms with Gasteiger partial charge in [-0.05, 0) is 31.0 Å². The molecule has 20 heavy (non-hydrogen) atoms. The van der Waals surface area contributed by atoms with Crippen molar-refractivity contribution >= 4 is 11.6 Å². The molecule has 4 nitrogen and oxygen atoms in total. The lowest BCUT2D eigenvalue weighted by molar-refractivity contribution is 0.517. The molecule has 1 unspecified atom stereocenters. The zero-order valence-electron chi connectivity index (χ0n) is 12.4. The molecule has 0 saturated carbocycles. The van der Waals surface area contributed by atoms with Crippen molar-refractivity contribution in [3.8, 4) is 0 Å². The minimum absolute atomic E-state index is 0.432. The molecule has 2 heterocycles. The first-order valence-electron chi connectivity index (χ1n) is 7.20. The topological polar surface area (TPSA) is 34.8 Å². The van der Waals surface area contributed by atoms with E-state index in [1.54, 1.807) is 6.20 Å². The summed E-state index contributed by atoms with van der Waals surface area (Å²) in [5.41, 5.74) is 1.33. The average Bonchev–Trinajstić information content (AvgIpc) is 3.02. The zero-order valence-corrected chi connectivity index (χ0v) is 13.2. The fourth-order valence-corrected chi connectivity index (χ4v) is 2.46. The molecule has 0 saturated heterocycles. The van der Waals surface area contributed by atoms with Crippen LogP contribution >= 0.6 is 11.6 Å². The molecule has 0 fully saturated rings. The first-order chi connectivity index (χ1) is 9.65. The second-order valence-corrected chi connectivity index (χ2v) is 5.48. The largest absolute Gasteiger partial charge is 0.346 e. The summed E-state index contributed by atoms with van der Waals surface area (Å²) in [7, 11) is 1.94. The van der Waals surface area contributed by atoms with Crippen LogP contribution in [-0.4, -0.2) is 20.7 Å². The van der Waals surface area contributed by atoms with E-state index in [0.717, 1.165) is 31.8 Å². The van der Waals surface area contributed by atoms with Crippen molar-refractivity contribution in [3.63, 3.8) is 0 Å². The summed E-state index contributed by atoms with van der Waals surface area (Å²) in [6.45, 7) is 6.20. The number of halogens is 1. The van der Waals surface area contributed by atoms with Crippen LogP contribution in [0.5, 0.6) is 0 Å². The minimum Gasteiger partial charge on any atom is -0.346 e. The first kappa shape index (κ1) is 15.1. The summed E-state index contributed by atoms with van der Waals surface area (Å²) in [6, 6.07) is 2.61. The molecule has 2 aromatic rings. The highest BCUT2D eigenvalue weighted by Gasteiger charge is 2.11. The van der Waals surface area contributed by atoms with E-state index in [9.17, 15) is 0 Å². The van der Waals surface area contributed by atoms with Gasteiger partial charge in [0.1, 0.15) is 11.0 Å². The maximum atomic E-state index is 6.01. The van der Waals surface area contributed by atoms with Gasteiger partial charge in [0, 0.05) is 25.5 Å². The van der Waals surface area contributed by atoms with Crippen LogP contribution in [0, 0.1) is 0 Å². The number of hydrogen-bond donors (Lipinski definition) is 1. The SMILES string of the molecule is CCCNC(CC)c1ccn(Cc2ncc(Cl)n2C)c1. The van der Waals surface area contributed by atoms with E-state index in [-0.39, 0.29) is 0 Å². The Morgan fingerprint density at radius 1 is 1.40 bits per heavy atom. The molecule has 0 aliphatic heterocycles. The summed E-state index contributed by atoms with van der Waals surface area (Å²) < 4.78 is 4.07. The maximum absolute atomic E-state index is 6.01. The molecule has 0 bridgehead atoms. The minimum atomic E-state index is 0.432.